The van der Waals surface area contributed by atoms with Gasteiger partial charge < -0.3 is 20.1 Å². The summed E-state index contributed by atoms with van der Waals surface area (Å²) in [7, 11) is 1.55. The summed E-state index contributed by atoms with van der Waals surface area (Å²) in [5.74, 6) is -0.411. The molecule has 2 heterocycles. The minimum absolute atomic E-state index is 0.0764. The van der Waals surface area contributed by atoms with Crippen molar-refractivity contribution in [3.63, 3.8) is 0 Å². The fourth-order valence-corrected chi connectivity index (χ4v) is 4.93. The lowest BCUT2D eigenvalue weighted by Gasteiger charge is -2.32. The number of nitrogens with zero attached hydrogens (tertiary/aromatic N) is 4. The maximum absolute atomic E-state index is 14.2. The van der Waals surface area contributed by atoms with E-state index in [1.54, 1.807) is 55.6 Å². The van der Waals surface area contributed by atoms with Gasteiger partial charge in [-0.25, -0.2) is 4.68 Å². The number of amides is 3. The van der Waals surface area contributed by atoms with Crippen LogP contribution in [-0.2, 0) is 25.7 Å². The second-order valence-corrected chi connectivity index (χ2v) is 9.79. The second-order valence-electron chi connectivity index (χ2n) is 9.79. The second kappa shape index (κ2) is 12.6. The third kappa shape index (κ3) is 6.52. The molecule has 4 aromatic rings. The lowest BCUT2D eigenvalue weighted by atomic mass is 10.0. The molecule has 41 heavy (non-hydrogen) atoms. The number of hydrogen-bond acceptors (Lipinski definition) is 7. The molecule has 1 aliphatic rings. The van der Waals surface area contributed by atoms with Crippen LogP contribution in [0.1, 0.15) is 31.4 Å². The molecule has 212 valence electrons. The number of hydrogen-bond donors (Lipinski definition) is 2. The van der Waals surface area contributed by atoms with Crippen LogP contribution in [0.25, 0.3) is 11.0 Å². The van der Waals surface area contributed by atoms with Crippen LogP contribution in [0, 0.1) is 0 Å². The topological polar surface area (TPSA) is 128 Å². The van der Waals surface area contributed by atoms with Crippen molar-refractivity contribution in [2.75, 3.05) is 30.5 Å². The normalized spacial score (nSPS) is 15.3. The Morgan fingerprint density at radius 3 is 2.63 bits per heavy atom. The van der Waals surface area contributed by atoms with Gasteiger partial charge in [0, 0.05) is 31.5 Å². The average molecular weight is 557 g/mol. The highest BCUT2D eigenvalue weighted by Crippen LogP contribution is 2.31. The van der Waals surface area contributed by atoms with Gasteiger partial charge >= 0.3 is 0 Å². The molecule has 3 amide bonds. The summed E-state index contributed by atoms with van der Waals surface area (Å²) in [6.07, 6.45) is 1.72. The third-order valence-electron chi connectivity index (χ3n) is 6.88. The molecule has 1 fully saturated rings. The van der Waals surface area contributed by atoms with Crippen molar-refractivity contribution in [1.82, 2.24) is 20.3 Å². The molecule has 0 radical (unpaired) electrons. The summed E-state index contributed by atoms with van der Waals surface area (Å²) in [6, 6.07) is 20.2. The lowest BCUT2D eigenvalue weighted by molar-refractivity contribution is -0.127. The van der Waals surface area contributed by atoms with E-state index < -0.39 is 6.04 Å². The molecule has 11 heteroatoms. The molecule has 11 nitrogen and oxygen atoms in total. The monoisotopic (exact) mass is 556 g/mol. The summed E-state index contributed by atoms with van der Waals surface area (Å²) in [5, 5.41) is 14.1. The Morgan fingerprint density at radius 1 is 1.10 bits per heavy atom. The van der Waals surface area contributed by atoms with Gasteiger partial charge in [0.15, 0.2) is 0 Å². The number of aromatic nitrogens is 3. The molecule has 5 rings (SSSR count). The Kier molecular flexibility index (Phi) is 8.54. The number of anilines is 2. The standard InChI is InChI=1S/C30H32N6O5/c1-20(37)32-22-12-14-23(15-13-22)36(28(38)19-35-27-11-4-3-10-26(27)33-34-35)29(21-7-5-8-24(17-21)40-2)30(39)31-18-25-9-6-16-41-25/h3-5,7-8,10-15,17,25,29H,6,9,16,18-19H2,1-2H3,(H,31,39)(H,32,37)/t25-,29+/m1/s1. The maximum atomic E-state index is 14.2. The largest absolute Gasteiger partial charge is 0.497 e. The number of ether oxygens (including phenoxy) is 2. The van der Waals surface area contributed by atoms with E-state index in [0.717, 1.165) is 12.8 Å². The quantitative estimate of drug-likeness (QED) is 0.306. The molecule has 0 aliphatic carbocycles. The molecule has 2 atom stereocenters. The van der Waals surface area contributed by atoms with E-state index in [2.05, 4.69) is 20.9 Å². The van der Waals surface area contributed by atoms with Gasteiger partial charge in [0.25, 0.3) is 0 Å². The van der Waals surface area contributed by atoms with Crippen LogP contribution < -0.4 is 20.3 Å². The number of methoxy groups -OCH3 is 1. The maximum Gasteiger partial charge on any atom is 0.249 e. The van der Waals surface area contributed by atoms with Gasteiger partial charge in [-0.2, -0.15) is 0 Å². The summed E-state index contributed by atoms with van der Waals surface area (Å²) >= 11 is 0. The Morgan fingerprint density at radius 2 is 1.90 bits per heavy atom. The van der Waals surface area contributed by atoms with E-state index in [1.165, 1.54) is 16.5 Å². The van der Waals surface area contributed by atoms with Crippen molar-refractivity contribution in [2.24, 2.45) is 0 Å². The van der Waals surface area contributed by atoms with Gasteiger partial charge in [0.05, 0.1) is 18.7 Å². The first-order valence-electron chi connectivity index (χ1n) is 13.4. The summed E-state index contributed by atoms with van der Waals surface area (Å²) < 4.78 is 12.7. The van der Waals surface area contributed by atoms with Crippen LogP contribution in [0.3, 0.4) is 0 Å². The van der Waals surface area contributed by atoms with Crippen molar-refractivity contribution in [1.29, 1.82) is 0 Å². The van der Waals surface area contributed by atoms with Gasteiger partial charge in [-0.3, -0.25) is 19.3 Å². The molecule has 1 aliphatic heterocycles. The number of fused-ring (bicyclic) bond motifs is 1. The zero-order valence-corrected chi connectivity index (χ0v) is 22.9. The van der Waals surface area contributed by atoms with Crippen molar-refractivity contribution in [3.8, 4) is 5.75 Å². The van der Waals surface area contributed by atoms with Crippen LogP contribution >= 0.6 is 0 Å². The predicted octanol–water partition coefficient (Wildman–Crippen LogP) is 3.47. The van der Waals surface area contributed by atoms with Gasteiger partial charge in [0.2, 0.25) is 17.7 Å². The molecular formula is C30H32N6O5. The zero-order chi connectivity index (χ0) is 28.8. The highest BCUT2D eigenvalue weighted by Gasteiger charge is 2.34. The molecule has 0 saturated carbocycles. The van der Waals surface area contributed by atoms with Crippen molar-refractivity contribution < 1.29 is 23.9 Å². The minimum atomic E-state index is -1.04. The third-order valence-corrected chi connectivity index (χ3v) is 6.88. The van der Waals surface area contributed by atoms with E-state index in [1.807, 2.05) is 24.3 Å². The fraction of sp³-hybridized carbons (Fsp3) is 0.300. The van der Waals surface area contributed by atoms with Crippen molar-refractivity contribution in [3.05, 3.63) is 78.4 Å². The first-order chi connectivity index (χ1) is 19.9. The first kappa shape index (κ1) is 27.8. The number of carbonyl (C=O) groups excluding carboxylic acids is 3. The van der Waals surface area contributed by atoms with E-state index in [9.17, 15) is 14.4 Å². The van der Waals surface area contributed by atoms with Crippen LogP contribution in [0.5, 0.6) is 5.75 Å². The van der Waals surface area contributed by atoms with Crippen molar-refractivity contribution >= 4 is 40.1 Å². The van der Waals surface area contributed by atoms with Crippen LogP contribution in [0.2, 0.25) is 0 Å². The van der Waals surface area contributed by atoms with Gasteiger partial charge in [-0.15, -0.1) is 5.10 Å². The van der Waals surface area contributed by atoms with Gasteiger partial charge in [-0.05, 0) is 66.9 Å². The summed E-state index contributed by atoms with van der Waals surface area (Å²) in [6.45, 7) is 2.25. The number of carbonyl (C=O) groups is 3. The first-order valence-corrected chi connectivity index (χ1v) is 13.4. The van der Waals surface area contributed by atoms with E-state index in [0.29, 0.717) is 46.9 Å². The molecule has 0 spiro atoms. The van der Waals surface area contributed by atoms with E-state index in [4.69, 9.17) is 9.47 Å². The average Bonchev–Trinajstić information content (AvgIpc) is 3.65. The van der Waals surface area contributed by atoms with E-state index >= 15 is 0 Å². The lowest BCUT2D eigenvalue weighted by Crippen LogP contribution is -2.46. The predicted molar refractivity (Wildman–Crippen MR) is 153 cm³/mol. The molecule has 0 bridgehead atoms. The molecule has 0 unspecified atom stereocenters. The van der Waals surface area contributed by atoms with Crippen LogP contribution in [0.15, 0.2) is 72.8 Å². The highest BCUT2D eigenvalue weighted by atomic mass is 16.5. The number of nitrogens with one attached hydrogen (secondary N) is 2. The van der Waals surface area contributed by atoms with Crippen LogP contribution in [0.4, 0.5) is 11.4 Å². The Labute approximate surface area is 237 Å². The molecule has 2 N–H and O–H groups in total. The fourth-order valence-electron chi connectivity index (χ4n) is 4.93. The Balaban J connectivity index is 1.55. The minimum Gasteiger partial charge on any atom is -0.497 e. The smallest absolute Gasteiger partial charge is 0.249 e. The summed E-state index contributed by atoms with van der Waals surface area (Å²) in [5.41, 5.74) is 2.95. The van der Waals surface area contributed by atoms with Crippen LogP contribution in [-0.4, -0.2) is 59.1 Å². The number of para-hydroxylation sites is 1. The highest BCUT2D eigenvalue weighted by molar-refractivity contribution is 6.02. The molecule has 3 aromatic carbocycles. The van der Waals surface area contributed by atoms with E-state index in [-0.39, 0.29) is 30.4 Å². The van der Waals surface area contributed by atoms with Crippen molar-refractivity contribution in [2.45, 2.75) is 38.5 Å². The van der Waals surface area contributed by atoms with Gasteiger partial charge in [-0.1, -0.05) is 29.5 Å². The Hall–Kier alpha value is -4.77. The molecule has 1 saturated heterocycles. The van der Waals surface area contributed by atoms with Gasteiger partial charge in [0.1, 0.15) is 23.9 Å². The number of benzene rings is 3. The molecule has 1 aromatic heterocycles. The zero-order valence-electron chi connectivity index (χ0n) is 22.9. The summed E-state index contributed by atoms with van der Waals surface area (Å²) in [4.78, 5) is 41.2. The SMILES string of the molecule is COc1cccc([C@@H](C(=O)NC[C@H]2CCCO2)N(C(=O)Cn2nnc3ccccc32)c2ccc(NC(C)=O)cc2)c1. The number of rotatable bonds is 10. The molecular weight excluding hydrogens is 524 g/mol. The Bertz CT molecular complexity index is 1530.